The van der Waals surface area contributed by atoms with Gasteiger partial charge in [-0.05, 0) is 43.3 Å². The van der Waals surface area contributed by atoms with Crippen molar-refractivity contribution in [2.75, 3.05) is 56.7 Å². The molecule has 2 aliphatic heterocycles. The summed E-state index contributed by atoms with van der Waals surface area (Å²) in [5.74, 6) is 0.0193. The van der Waals surface area contributed by atoms with E-state index in [0.29, 0.717) is 37.6 Å². The number of amides is 2. The van der Waals surface area contributed by atoms with Gasteiger partial charge >= 0.3 is 6.09 Å². The normalized spacial score (nSPS) is 21.5. The van der Waals surface area contributed by atoms with Gasteiger partial charge in [0.1, 0.15) is 5.82 Å². The minimum absolute atomic E-state index is 0.203. The topological polar surface area (TPSA) is 65.6 Å². The molecule has 1 aromatic carbocycles. The maximum absolute atomic E-state index is 14.9. The van der Waals surface area contributed by atoms with Crippen LogP contribution in [0.25, 0.3) is 0 Å². The number of hydrogen-bond acceptors (Lipinski definition) is 6. The molecule has 1 aromatic rings. The first-order chi connectivity index (χ1) is 14.4. The van der Waals surface area contributed by atoms with E-state index in [1.165, 1.54) is 18.1 Å². The molecule has 30 heavy (non-hydrogen) atoms. The van der Waals surface area contributed by atoms with Crippen LogP contribution in [0.2, 0.25) is 0 Å². The van der Waals surface area contributed by atoms with E-state index in [-0.39, 0.29) is 23.5 Å². The highest BCUT2D eigenvalue weighted by Crippen LogP contribution is 2.32. The van der Waals surface area contributed by atoms with Crippen LogP contribution in [0, 0.1) is 11.7 Å². The summed E-state index contributed by atoms with van der Waals surface area (Å²) in [5, 5.41) is 0.204. The number of nitrogens with zero attached hydrogens (tertiary/aromatic N) is 4. The Morgan fingerprint density at radius 2 is 1.97 bits per heavy atom. The van der Waals surface area contributed by atoms with Crippen molar-refractivity contribution >= 4 is 40.8 Å². The molecule has 1 saturated carbocycles. The fourth-order valence-corrected chi connectivity index (χ4v) is 3.92. The fraction of sp³-hybridized carbons (Fsp3) is 0.550. The Morgan fingerprint density at radius 1 is 1.27 bits per heavy atom. The van der Waals surface area contributed by atoms with Crippen molar-refractivity contribution in [2.24, 2.45) is 5.92 Å². The Hall–Kier alpha value is -2.62. The molecule has 0 aromatic heterocycles. The van der Waals surface area contributed by atoms with Gasteiger partial charge in [-0.3, -0.25) is 14.6 Å². The predicted molar refractivity (Wildman–Crippen MR) is 113 cm³/mol. The van der Waals surface area contributed by atoms with Crippen LogP contribution >= 0.6 is 12.2 Å². The molecule has 2 amide bonds. The van der Waals surface area contributed by atoms with E-state index in [1.807, 2.05) is 9.80 Å². The molecular weight excluding hydrogens is 411 g/mol. The number of methoxy groups -OCH3 is 1. The largest absolute Gasteiger partial charge is 0.474 e. The van der Waals surface area contributed by atoms with E-state index >= 15 is 0 Å². The van der Waals surface area contributed by atoms with Gasteiger partial charge in [0, 0.05) is 39.1 Å². The van der Waals surface area contributed by atoms with Crippen LogP contribution in [0.15, 0.2) is 18.2 Å². The third-order valence-electron chi connectivity index (χ3n) is 5.79. The lowest BCUT2D eigenvalue weighted by Crippen LogP contribution is -2.49. The lowest BCUT2D eigenvalue weighted by molar-refractivity contribution is -0.132. The SMILES string of the molecule is COC(=S)N(C)C1CN(c2ccc(N3CCN(C(=O)C4CC4)CC3)c(F)c2)C(=O)O1. The lowest BCUT2D eigenvalue weighted by atomic mass is 10.2. The predicted octanol–water partition coefficient (Wildman–Crippen LogP) is 2.03. The maximum atomic E-state index is 14.9. The molecule has 4 rings (SSSR count). The van der Waals surface area contributed by atoms with Crippen molar-refractivity contribution in [3.05, 3.63) is 24.0 Å². The van der Waals surface area contributed by atoms with Crippen LogP contribution < -0.4 is 9.80 Å². The highest BCUT2D eigenvalue weighted by atomic mass is 32.1. The fourth-order valence-electron chi connectivity index (χ4n) is 3.80. The van der Waals surface area contributed by atoms with E-state index in [9.17, 15) is 14.0 Å². The quantitative estimate of drug-likeness (QED) is 0.669. The van der Waals surface area contributed by atoms with Crippen molar-refractivity contribution in [2.45, 2.75) is 19.1 Å². The van der Waals surface area contributed by atoms with Gasteiger partial charge < -0.3 is 19.3 Å². The van der Waals surface area contributed by atoms with Gasteiger partial charge in [-0.25, -0.2) is 9.18 Å². The standard InChI is InChI=1S/C20H25FN4O4S/c1-22(20(30)28-2)17-12-25(19(27)29-17)14-5-6-16(15(21)11-14)23-7-9-24(10-8-23)18(26)13-3-4-13/h5-6,11,13,17H,3-4,7-10,12H2,1-2H3. The third-order valence-corrected chi connectivity index (χ3v) is 6.25. The maximum Gasteiger partial charge on any atom is 0.416 e. The number of cyclic esters (lactones) is 1. The molecule has 162 valence electrons. The molecule has 0 radical (unpaired) electrons. The zero-order chi connectivity index (χ0) is 21.4. The van der Waals surface area contributed by atoms with Gasteiger partial charge in [0.25, 0.3) is 5.17 Å². The minimum atomic E-state index is -0.607. The average Bonchev–Trinajstić information content (AvgIpc) is 3.54. The van der Waals surface area contributed by atoms with Crippen LogP contribution in [-0.2, 0) is 14.3 Å². The lowest BCUT2D eigenvalue weighted by Gasteiger charge is -2.36. The van der Waals surface area contributed by atoms with Crippen LogP contribution in [0.3, 0.4) is 0 Å². The molecule has 0 bridgehead atoms. The van der Waals surface area contributed by atoms with E-state index in [0.717, 1.165) is 12.8 Å². The number of likely N-dealkylation sites (N-methyl/N-ethyl adjacent to an activating group) is 1. The third kappa shape index (κ3) is 4.00. The first-order valence-electron chi connectivity index (χ1n) is 10.0. The highest BCUT2D eigenvalue weighted by Gasteiger charge is 2.37. The molecule has 2 heterocycles. The summed E-state index contributed by atoms with van der Waals surface area (Å²) in [5.41, 5.74) is 0.891. The Labute approximate surface area is 180 Å². The van der Waals surface area contributed by atoms with Gasteiger partial charge in [0.15, 0.2) is 6.23 Å². The molecule has 10 heteroatoms. The summed E-state index contributed by atoms with van der Waals surface area (Å²) in [6, 6.07) is 4.72. The van der Waals surface area contributed by atoms with Crippen molar-refractivity contribution < 1.29 is 23.5 Å². The summed E-state index contributed by atoms with van der Waals surface area (Å²) in [7, 11) is 3.12. The number of anilines is 2. The molecule has 1 atom stereocenters. The van der Waals surface area contributed by atoms with E-state index in [1.54, 1.807) is 24.1 Å². The first-order valence-corrected chi connectivity index (χ1v) is 10.4. The smallest absolute Gasteiger partial charge is 0.416 e. The average molecular weight is 437 g/mol. The minimum Gasteiger partial charge on any atom is -0.474 e. The van der Waals surface area contributed by atoms with Crippen LogP contribution in [-0.4, -0.2) is 80.1 Å². The zero-order valence-electron chi connectivity index (χ0n) is 17.0. The summed E-state index contributed by atoms with van der Waals surface area (Å²) in [6.45, 7) is 2.58. The molecule has 3 aliphatic rings. The summed E-state index contributed by atoms with van der Waals surface area (Å²) < 4.78 is 25.2. The van der Waals surface area contributed by atoms with Gasteiger partial charge in [0.05, 0.1) is 25.0 Å². The molecule has 0 N–H and O–H groups in total. The second-order valence-electron chi connectivity index (χ2n) is 7.75. The number of rotatable bonds is 4. The molecule has 8 nitrogen and oxygen atoms in total. The molecule has 1 aliphatic carbocycles. The highest BCUT2D eigenvalue weighted by molar-refractivity contribution is 7.80. The number of thiocarbonyl (C=S) groups is 1. The number of ether oxygens (including phenoxy) is 2. The Morgan fingerprint density at radius 3 is 2.57 bits per heavy atom. The number of piperazine rings is 1. The summed E-state index contributed by atoms with van der Waals surface area (Å²) >= 11 is 5.06. The number of benzene rings is 1. The molecule has 0 spiro atoms. The van der Waals surface area contributed by atoms with E-state index in [2.05, 4.69) is 0 Å². The van der Waals surface area contributed by atoms with Crippen LogP contribution in [0.4, 0.5) is 20.6 Å². The van der Waals surface area contributed by atoms with Crippen molar-refractivity contribution in [3.8, 4) is 0 Å². The summed E-state index contributed by atoms with van der Waals surface area (Å²) in [4.78, 5) is 31.2. The monoisotopic (exact) mass is 436 g/mol. The van der Waals surface area contributed by atoms with Crippen LogP contribution in [0.1, 0.15) is 12.8 Å². The van der Waals surface area contributed by atoms with Crippen LogP contribution in [0.5, 0.6) is 0 Å². The van der Waals surface area contributed by atoms with Crippen molar-refractivity contribution in [1.82, 2.24) is 9.80 Å². The first kappa shape index (κ1) is 20.6. The number of hydrogen-bond donors (Lipinski definition) is 0. The van der Waals surface area contributed by atoms with E-state index in [4.69, 9.17) is 21.7 Å². The molecule has 3 fully saturated rings. The Kier molecular flexibility index (Phi) is 5.68. The molecular formula is C20H25FN4O4S. The second kappa shape index (κ2) is 8.25. The van der Waals surface area contributed by atoms with Gasteiger partial charge in [-0.15, -0.1) is 0 Å². The second-order valence-corrected chi connectivity index (χ2v) is 8.10. The van der Waals surface area contributed by atoms with Gasteiger partial charge in [0.2, 0.25) is 5.91 Å². The Balaban J connectivity index is 1.40. The van der Waals surface area contributed by atoms with Gasteiger partial charge in [-0.2, -0.15) is 0 Å². The summed E-state index contributed by atoms with van der Waals surface area (Å²) in [6.07, 6.45) is 0.805. The zero-order valence-corrected chi connectivity index (χ0v) is 17.9. The van der Waals surface area contributed by atoms with E-state index < -0.39 is 18.1 Å². The molecule has 1 unspecified atom stereocenters. The Bertz CT molecular complexity index is 857. The molecule has 2 saturated heterocycles. The van der Waals surface area contributed by atoms with Gasteiger partial charge in [-0.1, -0.05) is 0 Å². The van der Waals surface area contributed by atoms with Crippen molar-refractivity contribution in [1.29, 1.82) is 0 Å². The number of carbonyl (C=O) groups is 2. The number of carbonyl (C=O) groups excluding carboxylic acids is 2. The number of halogens is 1. The van der Waals surface area contributed by atoms with Crippen molar-refractivity contribution in [3.63, 3.8) is 0 Å².